The molecule has 2 heteroatoms. The summed E-state index contributed by atoms with van der Waals surface area (Å²) in [7, 11) is 2.02. The Bertz CT molecular complexity index is 503. The second-order valence-electron chi connectivity index (χ2n) is 3.60. The molecule has 0 bridgehead atoms. The average molecular weight is 184 g/mol. The van der Waals surface area contributed by atoms with Crippen LogP contribution in [0.3, 0.4) is 0 Å². The fourth-order valence-electron chi connectivity index (χ4n) is 1.62. The van der Waals surface area contributed by atoms with Crippen molar-refractivity contribution in [3.8, 4) is 6.07 Å². The molecule has 0 saturated heterocycles. The Labute approximate surface area is 83.4 Å². The highest BCUT2D eigenvalue weighted by Gasteiger charge is 2.05. The van der Waals surface area contributed by atoms with Crippen molar-refractivity contribution in [3.63, 3.8) is 0 Å². The average Bonchev–Trinajstić information content (AvgIpc) is 2.59. The largest absolute Gasteiger partial charge is 0.351 e. The molecule has 2 aromatic rings. The van der Waals surface area contributed by atoms with E-state index in [0.29, 0.717) is 0 Å². The summed E-state index contributed by atoms with van der Waals surface area (Å²) in [6.07, 6.45) is 2.03. The lowest BCUT2D eigenvalue weighted by Crippen LogP contribution is -1.90. The van der Waals surface area contributed by atoms with Crippen LogP contribution in [0.15, 0.2) is 30.5 Å². The molecule has 1 aromatic heterocycles. The van der Waals surface area contributed by atoms with Crippen LogP contribution in [0.2, 0.25) is 0 Å². The molecule has 0 aliphatic carbocycles. The summed E-state index contributed by atoms with van der Waals surface area (Å²) in [5.41, 5.74) is 2.27. The molecule has 2 rings (SSSR count). The molecule has 0 N–H and O–H groups in total. The second kappa shape index (κ2) is 3.19. The van der Waals surface area contributed by atoms with Crippen molar-refractivity contribution in [2.45, 2.75) is 12.8 Å². The SMILES string of the molecule is CC(C#N)c1ccc2ccn(C)c2c1. The van der Waals surface area contributed by atoms with Crippen molar-refractivity contribution in [1.29, 1.82) is 5.26 Å². The Kier molecular flexibility index (Phi) is 2.01. The lowest BCUT2D eigenvalue weighted by atomic mass is 10.0. The van der Waals surface area contributed by atoms with Gasteiger partial charge >= 0.3 is 0 Å². The minimum atomic E-state index is -0.0331. The predicted octanol–water partition coefficient (Wildman–Crippen LogP) is 2.81. The van der Waals surface area contributed by atoms with Crippen LogP contribution in [0.5, 0.6) is 0 Å². The van der Waals surface area contributed by atoms with E-state index in [-0.39, 0.29) is 5.92 Å². The highest BCUT2D eigenvalue weighted by Crippen LogP contribution is 2.21. The fourth-order valence-corrected chi connectivity index (χ4v) is 1.62. The van der Waals surface area contributed by atoms with Gasteiger partial charge in [0.2, 0.25) is 0 Å². The standard InChI is InChI=1S/C12H12N2/c1-9(8-13)11-4-3-10-5-6-14(2)12(10)7-11/h3-7,9H,1-2H3. The van der Waals surface area contributed by atoms with Crippen LogP contribution in [0.1, 0.15) is 18.4 Å². The number of fused-ring (bicyclic) bond motifs is 1. The molecule has 0 amide bonds. The first-order valence-electron chi connectivity index (χ1n) is 4.67. The van der Waals surface area contributed by atoms with E-state index in [2.05, 4.69) is 28.8 Å². The number of nitriles is 1. The van der Waals surface area contributed by atoms with E-state index in [1.54, 1.807) is 0 Å². The number of aromatic nitrogens is 1. The number of hydrogen-bond acceptors (Lipinski definition) is 1. The normalized spacial score (nSPS) is 12.6. The summed E-state index contributed by atoms with van der Waals surface area (Å²) in [5, 5.41) is 10.0. The van der Waals surface area contributed by atoms with Crippen LogP contribution < -0.4 is 0 Å². The molecule has 14 heavy (non-hydrogen) atoms. The van der Waals surface area contributed by atoms with Gasteiger partial charge in [-0.2, -0.15) is 5.26 Å². The molecular weight excluding hydrogens is 172 g/mol. The fraction of sp³-hybridized carbons (Fsp3) is 0.250. The molecule has 1 unspecified atom stereocenters. The molecular formula is C12H12N2. The summed E-state index contributed by atoms with van der Waals surface area (Å²) in [5.74, 6) is -0.0331. The van der Waals surface area contributed by atoms with Gasteiger partial charge in [-0.05, 0) is 30.0 Å². The van der Waals surface area contributed by atoms with Gasteiger partial charge in [0.05, 0.1) is 12.0 Å². The van der Waals surface area contributed by atoms with Crippen LogP contribution in [0.4, 0.5) is 0 Å². The second-order valence-corrected chi connectivity index (χ2v) is 3.60. The van der Waals surface area contributed by atoms with Crippen molar-refractivity contribution in [2.75, 3.05) is 0 Å². The van der Waals surface area contributed by atoms with Crippen molar-refractivity contribution in [1.82, 2.24) is 4.57 Å². The summed E-state index contributed by atoms with van der Waals surface area (Å²) >= 11 is 0. The quantitative estimate of drug-likeness (QED) is 0.670. The molecule has 0 spiro atoms. The lowest BCUT2D eigenvalue weighted by Gasteiger charge is -2.03. The van der Waals surface area contributed by atoms with Gasteiger partial charge in [0.15, 0.2) is 0 Å². The van der Waals surface area contributed by atoms with Crippen molar-refractivity contribution < 1.29 is 0 Å². The molecule has 1 heterocycles. The zero-order valence-corrected chi connectivity index (χ0v) is 8.36. The van der Waals surface area contributed by atoms with Crippen LogP contribution in [0.25, 0.3) is 10.9 Å². The van der Waals surface area contributed by atoms with Gasteiger partial charge < -0.3 is 4.57 Å². The molecule has 70 valence electrons. The summed E-state index contributed by atoms with van der Waals surface area (Å²) in [6, 6.07) is 10.5. The maximum absolute atomic E-state index is 8.82. The van der Waals surface area contributed by atoms with E-state index in [0.717, 1.165) is 5.56 Å². The molecule has 1 atom stereocenters. The van der Waals surface area contributed by atoms with Gasteiger partial charge in [-0.15, -0.1) is 0 Å². The number of hydrogen-bond donors (Lipinski definition) is 0. The molecule has 0 aliphatic rings. The van der Waals surface area contributed by atoms with Gasteiger partial charge in [0, 0.05) is 18.8 Å². The number of rotatable bonds is 1. The number of aryl methyl sites for hydroxylation is 1. The van der Waals surface area contributed by atoms with E-state index in [1.807, 2.05) is 26.2 Å². The zero-order valence-electron chi connectivity index (χ0n) is 8.36. The zero-order chi connectivity index (χ0) is 10.1. The number of nitrogens with zero attached hydrogens (tertiary/aromatic N) is 2. The summed E-state index contributed by atoms with van der Waals surface area (Å²) < 4.78 is 2.07. The van der Waals surface area contributed by atoms with Crippen LogP contribution in [-0.4, -0.2) is 4.57 Å². The first kappa shape index (κ1) is 8.83. The van der Waals surface area contributed by atoms with Crippen LogP contribution in [-0.2, 0) is 7.05 Å². The smallest absolute Gasteiger partial charge is 0.0700 e. The van der Waals surface area contributed by atoms with Gasteiger partial charge in [-0.3, -0.25) is 0 Å². The van der Waals surface area contributed by atoms with Gasteiger partial charge in [0.25, 0.3) is 0 Å². The Hall–Kier alpha value is -1.75. The van der Waals surface area contributed by atoms with Gasteiger partial charge in [-0.1, -0.05) is 12.1 Å². The van der Waals surface area contributed by atoms with Crippen molar-refractivity contribution in [2.24, 2.45) is 7.05 Å². The van der Waals surface area contributed by atoms with Crippen LogP contribution in [0, 0.1) is 11.3 Å². The van der Waals surface area contributed by atoms with E-state index < -0.39 is 0 Å². The van der Waals surface area contributed by atoms with Crippen molar-refractivity contribution in [3.05, 3.63) is 36.0 Å². The molecule has 0 saturated carbocycles. The highest BCUT2D eigenvalue weighted by molar-refractivity contribution is 5.80. The third kappa shape index (κ3) is 1.27. The minimum absolute atomic E-state index is 0.0331. The number of benzene rings is 1. The molecule has 0 radical (unpaired) electrons. The Morgan fingerprint density at radius 3 is 2.86 bits per heavy atom. The Balaban J connectivity index is 2.61. The Morgan fingerprint density at radius 2 is 2.14 bits per heavy atom. The van der Waals surface area contributed by atoms with Gasteiger partial charge in [0.1, 0.15) is 0 Å². The topological polar surface area (TPSA) is 28.7 Å². The van der Waals surface area contributed by atoms with E-state index in [9.17, 15) is 0 Å². The van der Waals surface area contributed by atoms with E-state index >= 15 is 0 Å². The third-order valence-corrected chi connectivity index (χ3v) is 2.61. The monoisotopic (exact) mass is 184 g/mol. The summed E-state index contributed by atoms with van der Waals surface area (Å²) in [6.45, 7) is 1.92. The Morgan fingerprint density at radius 1 is 1.36 bits per heavy atom. The highest BCUT2D eigenvalue weighted by atomic mass is 14.9. The molecule has 1 aromatic carbocycles. The molecule has 2 nitrogen and oxygen atoms in total. The minimum Gasteiger partial charge on any atom is -0.351 e. The maximum atomic E-state index is 8.82. The van der Waals surface area contributed by atoms with Crippen molar-refractivity contribution >= 4 is 10.9 Å². The first-order valence-corrected chi connectivity index (χ1v) is 4.67. The molecule has 0 aliphatic heterocycles. The van der Waals surface area contributed by atoms with Crippen LogP contribution >= 0.6 is 0 Å². The summed E-state index contributed by atoms with van der Waals surface area (Å²) in [4.78, 5) is 0. The lowest BCUT2D eigenvalue weighted by molar-refractivity contribution is 0.954. The van der Waals surface area contributed by atoms with E-state index in [1.165, 1.54) is 10.9 Å². The first-order chi connectivity index (χ1) is 6.72. The van der Waals surface area contributed by atoms with Gasteiger partial charge in [-0.25, -0.2) is 0 Å². The molecule has 0 fully saturated rings. The predicted molar refractivity (Wildman–Crippen MR) is 56.9 cm³/mol. The van der Waals surface area contributed by atoms with E-state index in [4.69, 9.17) is 5.26 Å². The maximum Gasteiger partial charge on any atom is 0.0700 e. The third-order valence-electron chi connectivity index (χ3n) is 2.61.